The van der Waals surface area contributed by atoms with Gasteiger partial charge in [0, 0.05) is 6.04 Å². The zero-order valence-corrected chi connectivity index (χ0v) is 14.8. The van der Waals surface area contributed by atoms with Crippen molar-refractivity contribution < 1.29 is 14.3 Å². The van der Waals surface area contributed by atoms with Crippen molar-refractivity contribution in [2.45, 2.75) is 38.1 Å². The van der Waals surface area contributed by atoms with Gasteiger partial charge in [-0.25, -0.2) is 9.48 Å². The predicted octanol–water partition coefficient (Wildman–Crippen LogP) is 3.37. The summed E-state index contributed by atoms with van der Waals surface area (Å²) in [4.78, 5) is 24.1. The third-order valence-electron chi connectivity index (χ3n) is 4.41. The molecule has 132 valence electrons. The summed E-state index contributed by atoms with van der Waals surface area (Å²) in [5.41, 5.74) is 1.31. The Kier molecular flexibility index (Phi) is 5.38. The van der Waals surface area contributed by atoms with Gasteiger partial charge in [-0.1, -0.05) is 36.9 Å². The minimum Gasteiger partial charge on any atom is -0.465 e. The monoisotopic (exact) mass is 361 g/mol. The van der Waals surface area contributed by atoms with E-state index in [2.05, 4.69) is 10.4 Å². The summed E-state index contributed by atoms with van der Waals surface area (Å²) >= 11 is 6.36. The molecule has 2 aromatic rings. The van der Waals surface area contributed by atoms with E-state index >= 15 is 0 Å². The second-order valence-electron chi connectivity index (χ2n) is 6.11. The molecule has 3 rings (SSSR count). The Hall–Kier alpha value is -2.34. The van der Waals surface area contributed by atoms with E-state index in [9.17, 15) is 9.59 Å². The summed E-state index contributed by atoms with van der Waals surface area (Å²) in [6.07, 6.45) is 6.95. The molecular formula is C18H20ClN3O3. The molecule has 1 aromatic heterocycles. The smallest absolute Gasteiger partial charge is 0.337 e. The molecule has 0 spiro atoms. The van der Waals surface area contributed by atoms with E-state index in [1.54, 1.807) is 24.3 Å². The van der Waals surface area contributed by atoms with Crippen LogP contribution in [0.2, 0.25) is 5.15 Å². The van der Waals surface area contributed by atoms with E-state index in [-0.39, 0.29) is 17.1 Å². The molecule has 1 heterocycles. The molecule has 1 aliphatic rings. The number of rotatable bonds is 4. The number of methoxy groups -OCH3 is 1. The Morgan fingerprint density at radius 1 is 1.28 bits per heavy atom. The highest BCUT2D eigenvalue weighted by molar-refractivity contribution is 6.33. The number of carbonyl (C=O) groups is 2. The lowest BCUT2D eigenvalue weighted by atomic mass is 9.95. The van der Waals surface area contributed by atoms with E-state index in [0.717, 1.165) is 25.7 Å². The average molecular weight is 362 g/mol. The number of hydrogen-bond acceptors (Lipinski definition) is 4. The van der Waals surface area contributed by atoms with Crippen LogP contribution >= 0.6 is 11.6 Å². The van der Waals surface area contributed by atoms with Crippen molar-refractivity contribution in [3.05, 3.63) is 46.7 Å². The molecule has 7 heteroatoms. The van der Waals surface area contributed by atoms with Crippen molar-refractivity contribution in [1.29, 1.82) is 0 Å². The van der Waals surface area contributed by atoms with Gasteiger partial charge in [-0.15, -0.1) is 0 Å². The Labute approximate surface area is 151 Å². The van der Waals surface area contributed by atoms with Crippen molar-refractivity contribution in [2.75, 3.05) is 7.11 Å². The molecule has 0 aliphatic heterocycles. The SMILES string of the molecule is COC(=O)c1cccc(-n2ncc(C(=O)NC3CCCCC3)c2Cl)c1. The topological polar surface area (TPSA) is 73.2 Å². The molecule has 0 unspecified atom stereocenters. The normalized spacial score (nSPS) is 15.0. The first-order valence-corrected chi connectivity index (χ1v) is 8.71. The highest BCUT2D eigenvalue weighted by Crippen LogP contribution is 2.23. The lowest BCUT2D eigenvalue weighted by Gasteiger charge is -2.22. The largest absolute Gasteiger partial charge is 0.465 e. The first-order valence-electron chi connectivity index (χ1n) is 8.33. The lowest BCUT2D eigenvalue weighted by Crippen LogP contribution is -2.36. The molecule has 1 aromatic carbocycles. The fraction of sp³-hybridized carbons (Fsp3) is 0.389. The number of carbonyl (C=O) groups excluding carboxylic acids is 2. The molecule has 1 N–H and O–H groups in total. The highest BCUT2D eigenvalue weighted by atomic mass is 35.5. The Morgan fingerprint density at radius 3 is 2.76 bits per heavy atom. The molecule has 1 fully saturated rings. The quantitative estimate of drug-likeness (QED) is 0.847. The van der Waals surface area contributed by atoms with Gasteiger partial charge in [-0.3, -0.25) is 4.79 Å². The zero-order valence-electron chi connectivity index (χ0n) is 14.0. The molecule has 6 nitrogen and oxygen atoms in total. The number of aromatic nitrogens is 2. The van der Waals surface area contributed by atoms with Gasteiger partial charge in [0.2, 0.25) is 0 Å². The van der Waals surface area contributed by atoms with Crippen molar-refractivity contribution in [2.24, 2.45) is 0 Å². The van der Waals surface area contributed by atoms with Crippen LogP contribution in [0, 0.1) is 0 Å². The fourth-order valence-electron chi connectivity index (χ4n) is 3.06. The Morgan fingerprint density at radius 2 is 2.04 bits per heavy atom. The molecule has 25 heavy (non-hydrogen) atoms. The van der Waals surface area contributed by atoms with Crippen LogP contribution in [0.15, 0.2) is 30.5 Å². The number of amides is 1. The molecule has 0 radical (unpaired) electrons. The Bertz CT molecular complexity index is 782. The van der Waals surface area contributed by atoms with E-state index < -0.39 is 5.97 Å². The van der Waals surface area contributed by atoms with Crippen LogP contribution in [0.1, 0.15) is 52.8 Å². The first-order chi connectivity index (χ1) is 12.1. The van der Waals surface area contributed by atoms with Crippen LogP contribution in [-0.2, 0) is 4.74 Å². The lowest BCUT2D eigenvalue weighted by molar-refractivity contribution is 0.0600. The summed E-state index contributed by atoms with van der Waals surface area (Å²) in [6.45, 7) is 0. The second-order valence-corrected chi connectivity index (χ2v) is 6.47. The Balaban J connectivity index is 1.81. The van der Waals surface area contributed by atoms with E-state index in [1.165, 1.54) is 24.4 Å². The molecular weight excluding hydrogens is 342 g/mol. The van der Waals surface area contributed by atoms with Gasteiger partial charge in [0.25, 0.3) is 5.91 Å². The minimum atomic E-state index is -0.444. The van der Waals surface area contributed by atoms with Crippen molar-refractivity contribution in [3.63, 3.8) is 0 Å². The summed E-state index contributed by atoms with van der Waals surface area (Å²) in [7, 11) is 1.32. The number of halogens is 1. The van der Waals surface area contributed by atoms with Crippen LogP contribution in [0.5, 0.6) is 0 Å². The van der Waals surface area contributed by atoms with Gasteiger partial charge >= 0.3 is 5.97 Å². The van der Waals surface area contributed by atoms with Gasteiger partial charge in [0.15, 0.2) is 0 Å². The van der Waals surface area contributed by atoms with Crippen LogP contribution in [0.3, 0.4) is 0 Å². The van der Waals surface area contributed by atoms with Crippen LogP contribution in [-0.4, -0.2) is 34.8 Å². The molecule has 0 bridgehead atoms. The standard InChI is InChI=1S/C18H20ClN3O3/c1-25-18(24)12-6-5-9-14(10-12)22-16(19)15(11-20-22)17(23)21-13-7-3-2-4-8-13/h5-6,9-11,13H,2-4,7-8H2,1H3,(H,21,23). The maximum absolute atomic E-state index is 12.5. The molecule has 1 amide bonds. The second kappa shape index (κ2) is 7.70. The number of hydrogen-bond donors (Lipinski definition) is 1. The number of ether oxygens (including phenoxy) is 1. The number of benzene rings is 1. The minimum absolute atomic E-state index is 0.198. The van der Waals surface area contributed by atoms with E-state index in [4.69, 9.17) is 16.3 Å². The fourth-order valence-corrected chi connectivity index (χ4v) is 3.33. The van der Waals surface area contributed by atoms with Gasteiger partial charge < -0.3 is 10.1 Å². The maximum atomic E-state index is 12.5. The maximum Gasteiger partial charge on any atom is 0.337 e. The van der Waals surface area contributed by atoms with Gasteiger partial charge in [0.05, 0.1) is 30.1 Å². The van der Waals surface area contributed by atoms with Crippen LogP contribution in [0.4, 0.5) is 0 Å². The van der Waals surface area contributed by atoms with Crippen molar-refractivity contribution in [1.82, 2.24) is 15.1 Å². The summed E-state index contributed by atoms with van der Waals surface area (Å²) in [5.74, 6) is -0.660. The molecule has 0 saturated heterocycles. The summed E-state index contributed by atoms with van der Waals surface area (Å²) < 4.78 is 6.15. The molecule has 1 saturated carbocycles. The van der Waals surface area contributed by atoms with Crippen LogP contribution < -0.4 is 5.32 Å². The van der Waals surface area contributed by atoms with Crippen molar-refractivity contribution >= 4 is 23.5 Å². The predicted molar refractivity (Wildman–Crippen MR) is 94.3 cm³/mol. The van der Waals surface area contributed by atoms with Gasteiger partial charge in [-0.2, -0.15) is 5.10 Å². The molecule has 0 atom stereocenters. The molecule has 1 aliphatic carbocycles. The number of nitrogens with zero attached hydrogens (tertiary/aromatic N) is 2. The average Bonchev–Trinajstić information content (AvgIpc) is 3.03. The van der Waals surface area contributed by atoms with Crippen LogP contribution in [0.25, 0.3) is 5.69 Å². The van der Waals surface area contributed by atoms with Gasteiger partial charge in [0.1, 0.15) is 5.15 Å². The summed E-state index contributed by atoms with van der Waals surface area (Å²) in [5, 5.41) is 7.44. The number of esters is 1. The first kappa shape index (κ1) is 17.5. The van der Waals surface area contributed by atoms with Gasteiger partial charge in [-0.05, 0) is 31.0 Å². The van der Waals surface area contributed by atoms with E-state index in [1.807, 2.05) is 0 Å². The van der Waals surface area contributed by atoms with Crippen molar-refractivity contribution in [3.8, 4) is 5.69 Å². The zero-order chi connectivity index (χ0) is 17.8. The summed E-state index contributed by atoms with van der Waals surface area (Å²) in [6, 6.07) is 6.93. The third kappa shape index (κ3) is 3.85. The van der Waals surface area contributed by atoms with E-state index in [0.29, 0.717) is 16.8 Å². The third-order valence-corrected chi connectivity index (χ3v) is 4.77. The number of nitrogens with one attached hydrogen (secondary N) is 1. The highest BCUT2D eigenvalue weighted by Gasteiger charge is 2.21.